The van der Waals surface area contributed by atoms with Crippen molar-refractivity contribution in [3.8, 4) is 22.2 Å². The van der Waals surface area contributed by atoms with E-state index in [2.05, 4.69) is 42.4 Å². The number of sulfonamides is 1. The van der Waals surface area contributed by atoms with Crippen molar-refractivity contribution in [1.29, 1.82) is 0 Å². The van der Waals surface area contributed by atoms with Crippen LogP contribution in [0.15, 0.2) is 48.4 Å². The first-order valence-corrected chi connectivity index (χ1v) is 22.1. The fourth-order valence-corrected chi connectivity index (χ4v) is 9.65. The van der Waals surface area contributed by atoms with Crippen LogP contribution in [0.2, 0.25) is 0 Å². The highest BCUT2D eigenvalue weighted by Crippen LogP contribution is 2.46. The lowest BCUT2D eigenvalue weighted by molar-refractivity contribution is -0.141. The van der Waals surface area contributed by atoms with Crippen molar-refractivity contribution in [2.75, 3.05) is 13.7 Å². The van der Waals surface area contributed by atoms with E-state index in [1.807, 2.05) is 24.4 Å². The largest absolute Gasteiger partial charge is 0.496 e. The molecule has 6 atom stereocenters. The summed E-state index contributed by atoms with van der Waals surface area (Å²) in [6.07, 6.45) is 0.825. The Bertz CT molecular complexity index is 2320. The van der Waals surface area contributed by atoms with Crippen molar-refractivity contribution in [2.24, 2.45) is 11.8 Å². The summed E-state index contributed by atoms with van der Waals surface area (Å²) in [5.74, 6) is -2.24. The second-order valence-corrected chi connectivity index (χ2v) is 19.9. The number of hydrogen-bond donors (Lipinski definition) is 3. The van der Waals surface area contributed by atoms with Gasteiger partial charge < -0.3 is 29.7 Å². The third kappa shape index (κ3) is 8.95. The van der Waals surface area contributed by atoms with Gasteiger partial charge in [0.25, 0.3) is 5.91 Å². The average Bonchev–Trinajstić information content (AvgIpc) is 4.05. The summed E-state index contributed by atoms with van der Waals surface area (Å²) in [5, 5.41) is 8.10. The van der Waals surface area contributed by atoms with Crippen LogP contribution in [0.1, 0.15) is 84.9 Å². The minimum Gasteiger partial charge on any atom is -0.496 e. The van der Waals surface area contributed by atoms with Crippen molar-refractivity contribution in [3.63, 3.8) is 0 Å². The number of alkyl carbamates (subject to hydrolysis) is 1. The quantitative estimate of drug-likeness (QED) is 0.173. The Hall–Kier alpha value is -5.03. The molecule has 6 rings (SSSR count). The Morgan fingerprint density at radius 3 is 2.37 bits per heavy atom. The van der Waals surface area contributed by atoms with Crippen molar-refractivity contribution < 1.29 is 41.8 Å². The van der Waals surface area contributed by atoms with E-state index in [0.29, 0.717) is 45.9 Å². The second kappa shape index (κ2) is 16.2. The maximum atomic E-state index is 14.6. The third-order valence-electron chi connectivity index (χ3n) is 11.0. The van der Waals surface area contributed by atoms with Gasteiger partial charge in [-0.1, -0.05) is 33.4 Å². The number of pyridine rings is 1. The van der Waals surface area contributed by atoms with E-state index in [4.69, 9.17) is 24.2 Å². The van der Waals surface area contributed by atoms with E-state index in [0.717, 1.165) is 11.3 Å². The molecule has 2 saturated carbocycles. The lowest BCUT2D eigenvalue weighted by Gasteiger charge is -2.31. The van der Waals surface area contributed by atoms with Gasteiger partial charge in [-0.25, -0.2) is 23.2 Å². The predicted molar refractivity (Wildman–Crippen MR) is 225 cm³/mol. The van der Waals surface area contributed by atoms with E-state index < -0.39 is 80.3 Å². The number of hydrogen-bond acceptors (Lipinski definition) is 12. The van der Waals surface area contributed by atoms with E-state index in [-0.39, 0.29) is 24.5 Å². The summed E-state index contributed by atoms with van der Waals surface area (Å²) in [6.45, 7) is 22.1. The zero-order valence-corrected chi connectivity index (χ0v) is 36.6. The number of nitrogens with one attached hydrogen (secondary N) is 3. The Morgan fingerprint density at radius 1 is 1.12 bits per heavy atom. The summed E-state index contributed by atoms with van der Waals surface area (Å²) in [6, 6.07) is 2.91. The van der Waals surface area contributed by atoms with Crippen LogP contribution >= 0.6 is 11.3 Å². The van der Waals surface area contributed by atoms with Gasteiger partial charge in [-0.2, -0.15) is 0 Å². The molecule has 0 unspecified atom stereocenters. The van der Waals surface area contributed by atoms with Crippen LogP contribution in [0.3, 0.4) is 0 Å². The zero-order valence-electron chi connectivity index (χ0n) is 35.0. The Kier molecular flexibility index (Phi) is 12.0. The van der Waals surface area contributed by atoms with Gasteiger partial charge in [-0.15, -0.1) is 17.9 Å². The van der Waals surface area contributed by atoms with Gasteiger partial charge >= 0.3 is 6.09 Å². The van der Waals surface area contributed by atoms with E-state index in [1.54, 1.807) is 47.8 Å². The number of aryl methyl sites for hydroxylation is 1. The first-order valence-electron chi connectivity index (χ1n) is 19.7. The zero-order chi connectivity index (χ0) is 43.4. The Labute approximate surface area is 349 Å². The van der Waals surface area contributed by atoms with Gasteiger partial charge in [0.15, 0.2) is 0 Å². The molecular formula is C42H54N6O9S2. The number of ether oxygens (including phenoxy) is 3. The molecule has 15 nitrogen and oxygen atoms in total. The van der Waals surface area contributed by atoms with Crippen LogP contribution in [0.5, 0.6) is 11.5 Å². The lowest BCUT2D eigenvalue weighted by atomic mass is 9.98. The topological polar surface area (TPSA) is 195 Å². The fraction of sp³-hybridized carbons (Fsp3) is 0.524. The molecule has 1 aliphatic heterocycles. The number of carbonyl (C=O) groups excluding carboxylic acids is 4. The summed E-state index contributed by atoms with van der Waals surface area (Å²) in [4.78, 5) is 67.1. The van der Waals surface area contributed by atoms with Crippen LogP contribution in [0.4, 0.5) is 4.79 Å². The molecule has 4 amide bonds. The number of thiazole rings is 1. The van der Waals surface area contributed by atoms with Crippen molar-refractivity contribution in [3.05, 3.63) is 59.6 Å². The van der Waals surface area contributed by atoms with Crippen LogP contribution < -0.4 is 24.8 Å². The first-order chi connectivity index (χ1) is 27.6. The fourth-order valence-electron chi connectivity index (χ4n) is 7.35. The summed E-state index contributed by atoms with van der Waals surface area (Å²) in [7, 11) is -2.36. The molecule has 318 valence electrons. The summed E-state index contributed by atoms with van der Waals surface area (Å²) in [5.41, 5.74) is 0.688. The van der Waals surface area contributed by atoms with Crippen molar-refractivity contribution in [2.45, 2.75) is 115 Å². The smallest absolute Gasteiger partial charge is 0.408 e. The number of nitrogens with zero attached hydrogens (tertiary/aromatic N) is 3. The number of methoxy groups -OCH3 is 1. The van der Waals surface area contributed by atoms with Gasteiger partial charge in [0.1, 0.15) is 51.5 Å². The Morgan fingerprint density at radius 2 is 1.81 bits per heavy atom. The van der Waals surface area contributed by atoms with Crippen LogP contribution in [0, 0.1) is 18.8 Å². The van der Waals surface area contributed by atoms with E-state index >= 15 is 0 Å². The van der Waals surface area contributed by atoms with Gasteiger partial charge in [0, 0.05) is 34.2 Å². The standard InChI is InChI=1S/C42H54N6O9S2/c1-12-25-18-42(25,39(51)47-59(53,54)26-13-14-26)46-36(49)35-24(7)32(19-48(35)38(50)33(22(4)5)45-40(52)57-41(8,9)10)56-31-17-28(37-44-29(20-58-37)21(2)3)43-34-23(6)30(55-11)16-15-27(31)34/h12,15-17,20-21,24-26,32-33,35H,1,4,13-14,18-19H2,2-3,5-11H3,(H,45,52)(H,46,49)(H,47,51)/t24-,25-,32+,33+,35+,42-/m1/s1. The highest BCUT2D eigenvalue weighted by atomic mass is 32.2. The van der Waals surface area contributed by atoms with Gasteiger partial charge in [0.2, 0.25) is 21.8 Å². The highest BCUT2D eigenvalue weighted by Gasteiger charge is 2.62. The monoisotopic (exact) mass is 850 g/mol. The predicted octanol–water partition coefficient (Wildman–Crippen LogP) is 5.53. The molecule has 1 saturated heterocycles. The molecule has 0 bridgehead atoms. The van der Waals surface area contributed by atoms with Gasteiger partial charge in [-0.05, 0) is 77.5 Å². The molecule has 3 aromatic rings. The molecular weight excluding hydrogens is 797 g/mol. The SMILES string of the molecule is C=C[C@@H]1C[C@]1(NC(=O)[C@@H]1[C@H](C)[C@@H](Oc2cc(-c3nc(C(C)C)cs3)nc3c(C)c(OC)ccc23)CN1C(=O)[C@@H](NC(=O)OC(C)(C)C)C(=C)C)C(=O)NS(=O)(=O)C1CC1. The minimum absolute atomic E-state index is 0.110. The molecule has 1 aromatic carbocycles. The van der Waals surface area contributed by atoms with Gasteiger partial charge in [0.05, 0.1) is 30.1 Å². The molecule has 2 aromatic heterocycles. The number of amides is 4. The number of fused-ring (bicyclic) bond motifs is 1. The minimum atomic E-state index is -3.94. The molecule has 3 N–H and O–H groups in total. The van der Waals surface area contributed by atoms with E-state index in [9.17, 15) is 27.6 Å². The first kappa shape index (κ1) is 43.5. The molecule has 2 aliphatic carbocycles. The number of carbonyl (C=O) groups is 4. The van der Waals surface area contributed by atoms with Crippen molar-refractivity contribution in [1.82, 2.24) is 30.2 Å². The van der Waals surface area contributed by atoms with Crippen LogP contribution in [-0.2, 0) is 29.1 Å². The molecule has 17 heteroatoms. The molecule has 0 radical (unpaired) electrons. The normalized spacial score (nSPS) is 23.3. The Balaban J connectivity index is 1.39. The lowest BCUT2D eigenvalue weighted by Crippen LogP contribution is -2.59. The second-order valence-electron chi connectivity index (χ2n) is 17.1. The van der Waals surface area contributed by atoms with Crippen LogP contribution in [-0.4, -0.2) is 95.3 Å². The highest BCUT2D eigenvalue weighted by molar-refractivity contribution is 7.91. The molecule has 3 fully saturated rings. The summed E-state index contributed by atoms with van der Waals surface area (Å²) < 4.78 is 45.7. The maximum absolute atomic E-state index is 14.6. The van der Waals surface area contributed by atoms with Gasteiger partial charge in [-0.3, -0.25) is 19.1 Å². The summed E-state index contributed by atoms with van der Waals surface area (Å²) >= 11 is 1.46. The number of likely N-dealkylation sites (tertiary alicyclic amines) is 1. The van der Waals surface area contributed by atoms with Crippen LogP contribution in [0.25, 0.3) is 21.6 Å². The molecule has 3 aliphatic rings. The molecule has 0 spiro atoms. The number of rotatable bonds is 14. The maximum Gasteiger partial charge on any atom is 0.408 e. The number of benzene rings is 1. The third-order valence-corrected chi connectivity index (χ3v) is 13.7. The van der Waals surface area contributed by atoms with E-state index in [1.165, 1.54) is 22.3 Å². The molecule has 59 heavy (non-hydrogen) atoms. The number of aromatic nitrogens is 2. The average molecular weight is 851 g/mol. The molecule has 3 heterocycles. The van der Waals surface area contributed by atoms with Crippen molar-refractivity contribution >= 4 is 56.1 Å².